The van der Waals surface area contributed by atoms with E-state index in [0.29, 0.717) is 23.8 Å². The predicted octanol–water partition coefficient (Wildman–Crippen LogP) is 2.75. The Morgan fingerprint density at radius 2 is 1.84 bits per heavy atom. The fourth-order valence-electron chi connectivity index (χ4n) is 2.30. The van der Waals surface area contributed by atoms with Gasteiger partial charge in [-0.1, -0.05) is 6.07 Å². The van der Waals surface area contributed by atoms with Crippen LogP contribution in [-0.2, 0) is 11.3 Å². The summed E-state index contributed by atoms with van der Waals surface area (Å²) in [4.78, 5) is 16.3. The van der Waals surface area contributed by atoms with Gasteiger partial charge < -0.3 is 19.5 Å². The van der Waals surface area contributed by atoms with Gasteiger partial charge in [0.15, 0.2) is 11.5 Å². The average Bonchev–Trinajstić information content (AvgIpc) is 2.64. The Balaban J connectivity index is 2.08. The van der Waals surface area contributed by atoms with Gasteiger partial charge in [-0.05, 0) is 42.3 Å². The molecule has 0 aliphatic heterocycles. The number of rotatable bonds is 7. The summed E-state index contributed by atoms with van der Waals surface area (Å²) in [5, 5.41) is 2.81. The number of pyridine rings is 1. The molecule has 6 nitrogen and oxygen atoms in total. The highest BCUT2D eigenvalue weighted by Crippen LogP contribution is 2.38. The van der Waals surface area contributed by atoms with Crippen molar-refractivity contribution in [3.05, 3.63) is 53.4 Å². The highest BCUT2D eigenvalue weighted by Gasteiger charge is 2.12. The Hall–Kier alpha value is -3.02. The summed E-state index contributed by atoms with van der Waals surface area (Å²) >= 11 is 0. The van der Waals surface area contributed by atoms with Gasteiger partial charge in [0.25, 0.3) is 0 Å². The van der Waals surface area contributed by atoms with Gasteiger partial charge in [0.1, 0.15) is 0 Å². The minimum atomic E-state index is -0.209. The van der Waals surface area contributed by atoms with Crippen molar-refractivity contribution in [2.24, 2.45) is 0 Å². The average molecular weight is 342 g/mol. The van der Waals surface area contributed by atoms with Gasteiger partial charge in [-0.2, -0.15) is 0 Å². The number of carbonyl (C=O) groups is 1. The number of aryl methyl sites for hydroxylation is 1. The molecule has 0 bridgehead atoms. The van der Waals surface area contributed by atoms with Crippen molar-refractivity contribution in [2.45, 2.75) is 13.5 Å². The lowest BCUT2D eigenvalue weighted by Gasteiger charge is -2.12. The molecule has 2 rings (SSSR count). The van der Waals surface area contributed by atoms with E-state index in [1.807, 2.05) is 19.1 Å². The normalized spacial score (nSPS) is 10.6. The Morgan fingerprint density at radius 3 is 2.40 bits per heavy atom. The van der Waals surface area contributed by atoms with Crippen molar-refractivity contribution in [1.29, 1.82) is 0 Å². The molecule has 0 fully saturated rings. The fourth-order valence-corrected chi connectivity index (χ4v) is 2.30. The van der Waals surface area contributed by atoms with Gasteiger partial charge >= 0.3 is 0 Å². The molecule has 1 aromatic heterocycles. The first-order valence-electron chi connectivity index (χ1n) is 7.75. The molecule has 1 amide bonds. The van der Waals surface area contributed by atoms with E-state index in [1.54, 1.807) is 45.7 Å². The molecule has 0 aliphatic carbocycles. The lowest BCUT2D eigenvalue weighted by atomic mass is 10.1. The van der Waals surface area contributed by atoms with E-state index in [1.165, 1.54) is 6.08 Å². The maximum Gasteiger partial charge on any atom is 0.244 e. The third-order valence-corrected chi connectivity index (χ3v) is 3.66. The second kappa shape index (κ2) is 8.73. The van der Waals surface area contributed by atoms with Crippen LogP contribution in [0, 0.1) is 6.92 Å². The number of carbonyl (C=O) groups excluding carboxylic acids is 1. The summed E-state index contributed by atoms with van der Waals surface area (Å²) in [5.41, 5.74) is 2.65. The third-order valence-electron chi connectivity index (χ3n) is 3.66. The third kappa shape index (κ3) is 4.73. The molecule has 25 heavy (non-hydrogen) atoms. The summed E-state index contributed by atoms with van der Waals surface area (Å²) in [6.07, 6.45) is 4.85. The van der Waals surface area contributed by atoms with E-state index in [9.17, 15) is 4.79 Å². The van der Waals surface area contributed by atoms with Crippen molar-refractivity contribution >= 4 is 12.0 Å². The summed E-state index contributed by atoms with van der Waals surface area (Å²) in [6, 6.07) is 7.37. The van der Waals surface area contributed by atoms with E-state index in [4.69, 9.17) is 14.2 Å². The van der Waals surface area contributed by atoms with Crippen molar-refractivity contribution in [3.8, 4) is 17.2 Å². The minimum Gasteiger partial charge on any atom is -0.493 e. The van der Waals surface area contributed by atoms with Crippen molar-refractivity contribution in [2.75, 3.05) is 21.3 Å². The molecule has 1 N–H and O–H groups in total. The molecular weight excluding hydrogens is 320 g/mol. The van der Waals surface area contributed by atoms with Gasteiger partial charge in [-0.3, -0.25) is 9.78 Å². The predicted molar refractivity (Wildman–Crippen MR) is 96.0 cm³/mol. The van der Waals surface area contributed by atoms with Crippen LogP contribution in [0.4, 0.5) is 0 Å². The van der Waals surface area contributed by atoms with Gasteiger partial charge in [0.2, 0.25) is 11.7 Å². The summed E-state index contributed by atoms with van der Waals surface area (Å²) in [7, 11) is 4.64. The smallest absolute Gasteiger partial charge is 0.244 e. The number of benzene rings is 1. The number of hydrogen-bond donors (Lipinski definition) is 1. The van der Waals surface area contributed by atoms with Crippen molar-refractivity contribution in [3.63, 3.8) is 0 Å². The maximum absolute atomic E-state index is 12.0. The number of methoxy groups -OCH3 is 3. The first kappa shape index (κ1) is 18.3. The molecular formula is C19H22N2O4. The molecule has 1 heterocycles. The van der Waals surface area contributed by atoms with E-state index in [2.05, 4.69) is 10.3 Å². The zero-order chi connectivity index (χ0) is 18.2. The van der Waals surface area contributed by atoms with Gasteiger partial charge in [0, 0.05) is 12.3 Å². The molecule has 0 aliphatic rings. The number of amides is 1. The van der Waals surface area contributed by atoms with Gasteiger partial charge in [-0.25, -0.2) is 0 Å². The standard InChI is InChI=1S/C19H22N2O4/c1-13-6-5-9-20-15(13)12-21-18(22)8-7-14-10-16(23-2)19(25-4)17(11-14)24-3/h5-11H,12H2,1-4H3,(H,21,22)/b8-7+. The van der Waals surface area contributed by atoms with Crippen LogP contribution in [0.3, 0.4) is 0 Å². The number of aromatic nitrogens is 1. The van der Waals surface area contributed by atoms with Crippen LogP contribution in [0.2, 0.25) is 0 Å². The first-order chi connectivity index (χ1) is 12.1. The molecule has 6 heteroatoms. The molecule has 0 saturated heterocycles. The van der Waals surface area contributed by atoms with E-state index >= 15 is 0 Å². The monoisotopic (exact) mass is 342 g/mol. The maximum atomic E-state index is 12.0. The van der Waals surface area contributed by atoms with Crippen LogP contribution in [0.15, 0.2) is 36.5 Å². The summed E-state index contributed by atoms with van der Waals surface area (Å²) in [5.74, 6) is 1.37. The lowest BCUT2D eigenvalue weighted by Crippen LogP contribution is -2.21. The Morgan fingerprint density at radius 1 is 1.16 bits per heavy atom. The number of hydrogen-bond acceptors (Lipinski definition) is 5. The van der Waals surface area contributed by atoms with Crippen molar-refractivity contribution in [1.82, 2.24) is 10.3 Å². The minimum absolute atomic E-state index is 0.209. The molecule has 0 unspecified atom stereocenters. The van der Waals surface area contributed by atoms with Crippen LogP contribution in [-0.4, -0.2) is 32.2 Å². The highest BCUT2D eigenvalue weighted by molar-refractivity contribution is 5.91. The zero-order valence-corrected chi connectivity index (χ0v) is 14.8. The molecule has 0 saturated carbocycles. The van der Waals surface area contributed by atoms with E-state index in [-0.39, 0.29) is 5.91 Å². The summed E-state index contributed by atoms with van der Waals surface area (Å²) < 4.78 is 15.9. The summed E-state index contributed by atoms with van der Waals surface area (Å²) in [6.45, 7) is 2.34. The molecule has 2 aromatic rings. The van der Waals surface area contributed by atoms with Crippen LogP contribution in [0.25, 0.3) is 6.08 Å². The van der Waals surface area contributed by atoms with Crippen LogP contribution in [0.1, 0.15) is 16.8 Å². The lowest BCUT2D eigenvalue weighted by molar-refractivity contribution is -0.116. The zero-order valence-electron chi connectivity index (χ0n) is 14.8. The molecule has 0 radical (unpaired) electrons. The van der Waals surface area contributed by atoms with E-state index < -0.39 is 0 Å². The molecule has 0 atom stereocenters. The van der Waals surface area contributed by atoms with Crippen LogP contribution >= 0.6 is 0 Å². The largest absolute Gasteiger partial charge is 0.493 e. The number of nitrogens with zero attached hydrogens (tertiary/aromatic N) is 1. The Bertz CT molecular complexity index is 747. The number of nitrogens with one attached hydrogen (secondary N) is 1. The van der Waals surface area contributed by atoms with E-state index in [0.717, 1.165) is 16.8 Å². The second-order valence-corrected chi connectivity index (χ2v) is 5.28. The van der Waals surface area contributed by atoms with Crippen molar-refractivity contribution < 1.29 is 19.0 Å². The molecule has 132 valence electrons. The van der Waals surface area contributed by atoms with Gasteiger partial charge in [0.05, 0.1) is 33.6 Å². The fraction of sp³-hybridized carbons (Fsp3) is 0.263. The first-order valence-corrected chi connectivity index (χ1v) is 7.75. The SMILES string of the molecule is COc1cc(/C=C/C(=O)NCc2ncccc2C)cc(OC)c1OC. The molecule has 1 aromatic carbocycles. The van der Waals surface area contributed by atoms with Gasteiger partial charge in [-0.15, -0.1) is 0 Å². The number of ether oxygens (including phenoxy) is 3. The molecule has 0 spiro atoms. The highest BCUT2D eigenvalue weighted by atomic mass is 16.5. The second-order valence-electron chi connectivity index (χ2n) is 5.28. The Kier molecular flexibility index (Phi) is 6.39. The Labute approximate surface area is 147 Å². The topological polar surface area (TPSA) is 69.7 Å². The van der Waals surface area contributed by atoms with Crippen LogP contribution < -0.4 is 19.5 Å². The van der Waals surface area contributed by atoms with Crippen LogP contribution in [0.5, 0.6) is 17.2 Å². The quantitative estimate of drug-likeness (QED) is 0.784.